The van der Waals surface area contributed by atoms with Gasteiger partial charge in [-0.1, -0.05) is 57.9 Å². The molecular formula is C31H52O3. The highest BCUT2D eigenvalue weighted by atomic mass is 16.3. The molecule has 3 nitrogen and oxygen atoms in total. The number of allylic oxidation sites excluding steroid dienone is 4. The van der Waals surface area contributed by atoms with Crippen LogP contribution in [0.25, 0.3) is 0 Å². The molecule has 0 aromatic carbocycles. The molecule has 0 saturated heterocycles. The van der Waals surface area contributed by atoms with Gasteiger partial charge in [0.2, 0.25) is 0 Å². The zero-order chi connectivity index (χ0) is 25.1. The van der Waals surface area contributed by atoms with Crippen molar-refractivity contribution in [2.45, 2.75) is 117 Å². The molecule has 3 aliphatic rings. The van der Waals surface area contributed by atoms with Gasteiger partial charge in [-0.3, -0.25) is 0 Å². The third-order valence-corrected chi connectivity index (χ3v) is 9.89. The van der Waals surface area contributed by atoms with Crippen LogP contribution < -0.4 is 0 Å². The van der Waals surface area contributed by atoms with E-state index in [0.29, 0.717) is 23.7 Å². The van der Waals surface area contributed by atoms with E-state index < -0.39 is 5.60 Å². The van der Waals surface area contributed by atoms with Crippen LogP contribution in [0, 0.1) is 35.0 Å². The lowest BCUT2D eigenvalue weighted by atomic mass is 9.60. The van der Waals surface area contributed by atoms with E-state index in [1.807, 2.05) is 13.8 Å². The van der Waals surface area contributed by atoms with Crippen LogP contribution in [0.15, 0.2) is 35.5 Å². The Labute approximate surface area is 209 Å². The summed E-state index contributed by atoms with van der Waals surface area (Å²) in [5, 5.41) is 30.1. The maximum absolute atomic E-state index is 10.8. The van der Waals surface area contributed by atoms with Gasteiger partial charge in [-0.15, -0.1) is 0 Å². The van der Waals surface area contributed by atoms with Crippen molar-refractivity contribution < 1.29 is 15.3 Å². The first kappa shape index (κ1) is 27.7. The molecule has 0 bridgehead atoms. The number of hydrogen-bond donors (Lipinski definition) is 3. The summed E-state index contributed by atoms with van der Waals surface area (Å²) in [6.45, 7) is 15.6. The molecule has 7 atom stereocenters. The lowest BCUT2D eigenvalue weighted by Gasteiger charge is -2.44. The quantitative estimate of drug-likeness (QED) is 0.339. The predicted molar refractivity (Wildman–Crippen MR) is 142 cm³/mol. The molecule has 3 fully saturated rings. The Morgan fingerprint density at radius 2 is 1.94 bits per heavy atom. The SMILES string of the molecule is C=C1C(=CC=C2CCC[C@@]3(C)C2CC[C@@H]3[C@H](C)CCCC(C)(C)O)C[C@@H](O)[C@H](CCCO)[C@@H]1C. The van der Waals surface area contributed by atoms with Crippen molar-refractivity contribution in [3.8, 4) is 0 Å². The molecule has 3 rings (SSSR count). The van der Waals surface area contributed by atoms with E-state index in [1.54, 1.807) is 5.57 Å². The summed E-state index contributed by atoms with van der Waals surface area (Å²) < 4.78 is 0. The second-order valence-corrected chi connectivity index (χ2v) is 12.8. The number of aliphatic hydroxyl groups is 3. The van der Waals surface area contributed by atoms with Gasteiger partial charge in [0.15, 0.2) is 0 Å². The Balaban J connectivity index is 1.69. The first-order valence-electron chi connectivity index (χ1n) is 14.1. The third-order valence-electron chi connectivity index (χ3n) is 9.89. The van der Waals surface area contributed by atoms with E-state index in [9.17, 15) is 15.3 Å². The molecule has 3 saturated carbocycles. The molecule has 0 heterocycles. The van der Waals surface area contributed by atoms with Crippen molar-refractivity contribution >= 4 is 0 Å². The van der Waals surface area contributed by atoms with Crippen LogP contribution in [0.5, 0.6) is 0 Å². The third kappa shape index (κ3) is 6.26. The van der Waals surface area contributed by atoms with Crippen LogP contribution in [0.3, 0.4) is 0 Å². The Morgan fingerprint density at radius 1 is 1.21 bits per heavy atom. The van der Waals surface area contributed by atoms with Crippen LogP contribution in [0.4, 0.5) is 0 Å². The van der Waals surface area contributed by atoms with Crippen molar-refractivity contribution in [3.63, 3.8) is 0 Å². The highest BCUT2D eigenvalue weighted by Crippen LogP contribution is 2.60. The van der Waals surface area contributed by atoms with Gasteiger partial charge in [0.05, 0.1) is 11.7 Å². The highest BCUT2D eigenvalue weighted by Gasteiger charge is 2.50. The molecule has 0 aromatic heterocycles. The Morgan fingerprint density at radius 3 is 2.62 bits per heavy atom. The van der Waals surface area contributed by atoms with Crippen molar-refractivity contribution in [3.05, 3.63) is 35.5 Å². The fourth-order valence-corrected chi connectivity index (χ4v) is 7.82. The molecule has 0 radical (unpaired) electrons. The minimum absolute atomic E-state index is 0.191. The van der Waals surface area contributed by atoms with Crippen LogP contribution in [-0.2, 0) is 0 Å². The van der Waals surface area contributed by atoms with Crippen molar-refractivity contribution in [1.82, 2.24) is 0 Å². The van der Waals surface area contributed by atoms with Crippen LogP contribution in [0.1, 0.15) is 105 Å². The van der Waals surface area contributed by atoms with Gasteiger partial charge in [-0.25, -0.2) is 0 Å². The number of aliphatic hydroxyl groups excluding tert-OH is 2. The summed E-state index contributed by atoms with van der Waals surface area (Å²) in [6.07, 6.45) is 16.3. The average molecular weight is 473 g/mol. The van der Waals surface area contributed by atoms with E-state index >= 15 is 0 Å². The Hall–Kier alpha value is -0.900. The Kier molecular flexibility index (Phi) is 9.31. The molecule has 3 N–H and O–H groups in total. The van der Waals surface area contributed by atoms with Crippen LogP contribution in [0.2, 0.25) is 0 Å². The van der Waals surface area contributed by atoms with Gasteiger partial charge in [-0.2, -0.15) is 0 Å². The van der Waals surface area contributed by atoms with Gasteiger partial charge in [0, 0.05) is 6.61 Å². The molecule has 0 amide bonds. The van der Waals surface area contributed by atoms with Crippen molar-refractivity contribution in [2.24, 2.45) is 35.0 Å². The van der Waals surface area contributed by atoms with Gasteiger partial charge in [0.1, 0.15) is 0 Å². The molecule has 0 aliphatic heterocycles. The molecule has 3 heteroatoms. The summed E-state index contributed by atoms with van der Waals surface area (Å²) in [7, 11) is 0. The zero-order valence-electron chi connectivity index (χ0n) is 22.7. The number of hydrogen-bond acceptors (Lipinski definition) is 3. The first-order valence-corrected chi connectivity index (χ1v) is 14.1. The molecular weight excluding hydrogens is 420 g/mol. The fourth-order valence-electron chi connectivity index (χ4n) is 7.82. The monoisotopic (exact) mass is 472 g/mol. The molecule has 34 heavy (non-hydrogen) atoms. The van der Waals surface area contributed by atoms with Gasteiger partial charge in [0.25, 0.3) is 0 Å². The molecule has 194 valence electrons. The zero-order valence-corrected chi connectivity index (χ0v) is 22.7. The van der Waals surface area contributed by atoms with E-state index in [2.05, 4.69) is 39.5 Å². The van der Waals surface area contributed by atoms with Gasteiger partial charge >= 0.3 is 0 Å². The summed E-state index contributed by atoms with van der Waals surface area (Å²) in [4.78, 5) is 0. The summed E-state index contributed by atoms with van der Waals surface area (Å²) in [5.41, 5.74) is 3.85. The minimum atomic E-state index is -0.552. The number of fused-ring (bicyclic) bond motifs is 1. The lowest BCUT2D eigenvalue weighted by Crippen LogP contribution is -2.36. The van der Waals surface area contributed by atoms with Crippen molar-refractivity contribution in [2.75, 3.05) is 6.61 Å². The van der Waals surface area contributed by atoms with E-state index in [0.717, 1.165) is 31.6 Å². The summed E-state index contributed by atoms with van der Waals surface area (Å²) in [5.74, 6) is 2.62. The normalized spacial score (nSPS) is 37.9. The minimum Gasteiger partial charge on any atom is -0.396 e. The van der Waals surface area contributed by atoms with Crippen LogP contribution in [-0.4, -0.2) is 33.6 Å². The summed E-state index contributed by atoms with van der Waals surface area (Å²) >= 11 is 0. The second-order valence-electron chi connectivity index (χ2n) is 12.8. The molecule has 3 aliphatic carbocycles. The van der Waals surface area contributed by atoms with E-state index in [1.165, 1.54) is 49.7 Å². The van der Waals surface area contributed by atoms with E-state index in [4.69, 9.17) is 0 Å². The second kappa shape index (κ2) is 11.4. The lowest BCUT2D eigenvalue weighted by molar-refractivity contribution is 0.0596. The topological polar surface area (TPSA) is 60.7 Å². The average Bonchev–Trinajstić information content (AvgIpc) is 3.12. The number of rotatable bonds is 9. The first-order chi connectivity index (χ1) is 16.0. The predicted octanol–water partition coefficient (Wildman–Crippen LogP) is 6.98. The molecule has 0 aromatic rings. The highest BCUT2D eigenvalue weighted by molar-refractivity contribution is 5.38. The molecule has 0 spiro atoms. The van der Waals surface area contributed by atoms with Gasteiger partial charge < -0.3 is 15.3 Å². The fraction of sp³-hybridized carbons (Fsp3) is 0.806. The Bertz CT molecular complexity index is 757. The van der Waals surface area contributed by atoms with Gasteiger partial charge in [-0.05, 0) is 118 Å². The maximum Gasteiger partial charge on any atom is 0.0614 e. The maximum atomic E-state index is 10.8. The van der Waals surface area contributed by atoms with E-state index in [-0.39, 0.29) is 24.5 Å². The standard InChI is InChI=1S/C31H52O3/c1-21(10-7-17-30(4,5)34)27-15-16-28-24(11-8-18-31(27,28)6)13-14-25-20-29(33)26(12-9-19-32)23(3)22(25)2/h13-14,21,23,26-29,32-34H,2,7-12,15-20H2,1,3-6H3/t21-,23-,26-,27-,28?,29-,31-/m1/s1. The summed E-state index contributed by atoms with van der Waals surface area (Å²) in [6, 6.07) is 0. The smallest absolute Gasteiger partial charge is 0.0614 e. The molecule has 1 unspecified atom stereocenters. The largest absolute Gasteiger partial charge is 0.396 e. The van der Waals surface area contributed by atoms with Crippen LogP contribution >= 0.6 is 0 Å². The van der Waals surface area contributed by atoms with Crippen molar-refractivity contribution in [1.29, 1.82) is 0 Å².